The number of tetrazole rings is 1. The average Bonchev–Trinajstić information content (AvgIpc) is 3.61. The van der Waals surface area contributed by atoms with Crippen LogP contribution in [0.3, 0.4) is 0 Å². The van der Waals surface area contributed by atoms with E-state index in [1.54, 1.807) is 19.1 Å². The van der Waals surface area contributed by atoms with Gasteiger partial charge in [-0.05, 0) is 44.9 Å². The van der Waals surface area contributed by atoms with E-state index in [1.807, 2.05) is 63.2 Å². The van der Waals surface area contributed by atoms with Gasteiger partial charge in [-0.25, -0.2) is 0 Å². The normalized spacial score (nSPS) is 15.8. The lowest BCUT2D eigenvalue weighted by Crippen LogP contribution is -2.57. The molecule has 0 saturated heterocycles. The summed E-state index contributed by atoms with van der Waals surface area (Å²) in [6.07, 6.45) is -0.310. The summed E-state index contributed by atoms with van der Waals surface area (Å²) in [6.45, 7) is 6.89. The minimum absolute atomic E-state index is 0.0387. The number of aromatic nitrogens is 4. The van der Waals surface area contributed by atoms with Gasteiger partial charge < -0.3 is 20.7 Å². The van der Waals surface area contributed by atoms with Crippen LogP contribution in [0.2, 0.25) is 0 Å². The van der Waals surface area contributed by atoms with Crippen molar-refractivity contribution >= 4 is 29.3 Å². The SMILES string of the molecule is C[C@H](OC(C)(C)C)[C@H](NC(=O)Cc1ccccc1)C(=O)NCC(=O)N1c2ccccc2C[C@H]1C(=O)NCc1nn[nH]n1. The predicted molar refractivity (Wildman–Crippen MR) is 153 cm³/mol. The Balaban J connectivity index is 1.44. The number of nitrogens with zero attached hydrogens (tertiary/aromatic N) is 4. The highest BCUT2D eigenvalue weighted by Gasteiger charge is 2.39. The van der Waals surface area contributed by atoms with Crippen molar-refractivity contribution in [3.8, 4) is 0 Å². The van der Waals surface area contributed by atoms with Gasteiger partial charge in [-0.2, -0.15) is 5.21 Å². The molecule has 1 aliphatic heterocycles. The zero-order valence-corrected chi connectivity index (χ0v) is 24.1. The molecule has 3 atom stereocenters. The quantitative estimate of drug-likeness (QED) is 0.260. The number of aromatic amines is 1. The number of hydrogen-bond acceptors (Lipinski definition) is 8. The highest BCUT2D eigenvalue weighted by atomic mass is 16.5. The van der Waals surface area contributed by atoms with Crippen LogP contribution in [0.5, 0.6) is 0 Å². The molecule has 1 aromatic heterocycles. The van der Waals surface area contributed by atoms with Crippen molar-refractivity contribution < 1.29 is 23.9 Å². The smallest absolute Gasteiger partial charge is 0.247 e. The van der Waals surface area contributed by atoms with E-state index in [-0.39, 0.29) is 18.9 Å². The van der Waals surface area contributed by atoms with Gasteiger partial charge in [0.2, 0.25) is 23.6 Å². The van der Waals surface area contributed by atoms with E-state index >= 15 is 0 Å². The Morgan fingerprint density at radius 1 is 1.05 bits per heavy atom. The molecular formula is C29H36N8O5. The first-order chi connectivity index (χ1) is 20.0. The Morgan fingerprint density at radius 3 is 2.45 bits per heavy atom. The molecule has 13 nitrogen and oxygen atoms in total. The third-order valence-corrected chi connectivity index (χ3v) is 6.59. The average molecular weight is 577 g/mol. The first kappa shape index (κ1) is 30.3. The van der Waals surface area contributed by atoms with E-state index in [0.29, 0.717) is 17.9 Å². The molecule has 0 bridgehead atoms. The molecule has 0 radical (unpaired) electrons. The van der Waals surface area contributed by atoms with Gasteiger partial charge in [0.1, 0.15) is 12.1 Å². The number of rotatable bonds is 11. The van der Waals surface area contributed by atoms with Crippen molar-refractivity contribution in [1.29, 1.82) is 0 Å². The second-order valence-electron chi connectivity index (χ2n) is 11.0. The van der Waals surface area contributed by atoms with Crippen molar-refractivity contribution in [2.24, 2.45) is 0 Å². The molecule has 4 rings (SSSR count). The number of para-hydroxylation sites is 1. The van der Waals surface area contributed by atoms with Gasteiger partial charge in [-0.1, -0.05) is 53.7 Å². The number of benzene rings is 2. The number of carbonyl (C=O) groups is 4. The number of nitrogens with one attached hydrogen (secondary N) is 4. The van der Waals surface area contributed by atoms with E-state index in [4.69, 9.17) is 4.74 Å². The summed E-state index contributed by atoms with van der Waals surface area (Å²) in [5.74, 6) is -1.51. The van der Waals surface area contributed by atoms with Crippen LogP contribution in [0.1, 0.15) is 44.6 Å². The van der Waals surface area contributed by atoms with Crippen LogP contribution in [0.25, 0.3) is 0 Å². The van der Waals surface area contributed by atoms with Gasteiger partial charge in [0, 0.05) is 12.1 Å². The van der Waals surface area contributed by atoms with E-state index in [0.717, 1.165) is 11.1 Å². The van der Waals surface area contributed by atoms with Crippen molar-refractivity contribution in [2.45, 2.75) is 70.9 Å². The topological polar surface area (TPSA) is 171 Å². The Morgan fingerprint density at radius 2 is 1.76 bits per heavy atom. The first-order valence-electron chi connectivity index (χ1n) is 13.7. The fraction of sp³-hybridized carbons (Fsp3) is 0.414. The Bertz CT molecular complexity index is 1390. The summed E-state index contributed by atoms with van der Waals surface area (Å²) in [5.41, 5.74) is 1.63. The van der Waals surface area contributed by atoms with Crippen LogP contribution in [-0.4, -0.2) is 74.6 Å². The summed E-state index contributed by atoms with van der Waals surface area (Å²) in [6, 6.07) is 14.5. The molecule has 1 aliphatic rings. The van der Waals surface area contributed by atoms with Gasteiger partial charge in [0.05, 0.1) is 31.2 Å². The zero-order valence-electron chi connectivity index (χ0n) is 24.1. The molecule has 0 unspecified atom stereocenters. The molecule has 0 spiro atoms. The van der Waals surface area contributed by atoms with Gasteiger partial charge in [-0.3, -0.25) is 24.1 Å². The number of anilines is 1. The number of amides is 4. The zero-order chi connectivity index (χ0) is 30.3. The lowest BCUT2D eigenvalue weighted by atomic mass is 10.1. The van der Waals surface area contributed by atoms with Gasteiger partial charge in [-0.15, -0.1) is 10.2 Å². The van der Waals surface area contributed by atoms with Gasteiger partial charge in [0.15, 0.2) is 5.82 Å². The molecule has 0 fully saturated rings. The molecule has 42 heavy (non-hydrogen) atoms. The van der Waals surface area contributed by atoms with Gasteiger partial charge in [0.25, 0.3) is 0 Å². The second kappa shape index (κ2) is 13.3. The molecule has 0 saturated carbocycles. The third-order valence-electron chi connectivity index (χ3n) is 6.59. The maximum absolute atomic E-state index is 13.5. The predicted octanol–water partition coefficient (Wildman–Crippen LogP) is 0.821. The van der Waals surface area contributed by atoms with Crippen LogP contribution in [0.4, 0.5) is 5.69 Å². The summed E-state index contributed by atoms with van der Waals surface area (Å²) >= 11 is 0. The maximum atomic E-state index is 13.5. The first-order valence-corrected chi connectivity index (χ1v) is 13.7. The molecule has 4 amide bonds. The standard InChI is InChI=1S/C29H36N8O5/c1-18(42-29(2,3)4)26(32-24(38)14-19-10-6-5-7-11-19)28(41)31-17-25(39)37-21-13-9-8-12-20(21)15-22(37)27(40)30-16-23-33-35-36-34-23/h5-13,18,22,26H,14-17H2,1-4H3,(H,30,40)(H,31,41)(H,32,38)(H,33,34,35,36)/t18-,22-,26-/m0/s1. The highest BCUT2D eigenvalue weighted by molar-refractivity contribution is 6.05. The number of ether oxygens (including phenoxy) is 1. The highest BCUT2D eigenvalue weighted by Crippen LogP contribution is 2.32. The molecule has 13 heteroatoms. The second-order valence-corrected chi connectivity index (χ2v) is 11.0. The Kier molecular flexibility index (Phi) is 9.63. The van der Waals surface area contributed by atoms with E-state index < -0.39 is 48.1 Å². The summed E-state index contributed by atoms with van der Waals surface area (Å²) in [5, 5.41) is 21.6. The minimum Gasteiger partial charge on any atom is -0.370 e. The van der Waals surface area contributed by atoms with Crippen molar-refractivity contribution in [2.75, 3.05) is 11.4 Å². The van der Waals surface area contributed by atoms with Crippen LogP contribution in [-0.2, 0) is 43.3 Å². The molecular weight excluding hydrogens is 540 g/mol. The largest absolute Gasteiger partial charge is 0.370 e. The molecule has 4 N–H and O–H groups in total. The molecule has 2 heterocycles. The van der Waals surface area contributed by atoms with Crippen molar-refractivity contribution in [3.63, 3.8) is 0 Å². The Labute approximate surface area is 243 Å². The lowest BCUT2D eigenvalue weighted by Gasteiger charge is -2.31. The van der Waals surface area contributed by atoms with E-state index in [9.17, 15) is 19.2 Å². The van der Waals surface area contributed by atoms with Crippen LogP contribution < -0.4 is 20.9 Å². The summed E-state index contributed by atoms with van der Waals surface area (Å²) < 4.78 is 5.99. The monoisotopic (exact) mass is 576 g/mol. The van der Waals surface area contributed by atoms with E-state index in [1.165, 1.54) is 4.90 Å². The molecule has 3 aromatic rings. The number of hydrogen-bond donors (Lipinski definition) is 4. The molecule has 0 aliphatic carbocycles. The Hall–Kier alpha value is -4.65. The van der Waals surface area contributed by atoms with Crippen LogP contribution in [0.15, 0.2) is 54.6 Å². The minimum atomic E-state index is -1.06. The van der Waals surface area contributed by atoms with Crippen LogP contribution in [0, 0.1) is 0 Å². The number of carbonyl (C=O) groups excluding carboxylic acids is 4. The van der Waals surface area contributed by atoms with Crippen molar-refractivity contribution in [1.82, 2.24) is 36.6 Å². The fourth-order valence-electron chi connectivity index (χ4n) is 4.83. The van der Waals surface area contributed by atoms with Crippen molar-refractivity contribution in [3.05, 3.63) is 71.5 Å². The maximum Gasteiger partial charge on any atom is 0.247 e. The number of fused-ring (bicyclic) bond motifs is 1. The fourth-order valence-corrected chi connectivity index (χ4v) is 4.83. The summed E-state index contributed by atoms with van der Waals surface area (Å²) in [4.78, 5) is 54.3. The molecule has 2 aromatic carbocycles. The van der Waals surface area contributed by atoms with E-state index in [2.05, 4.69) is 36.6 Å². The van der Waals surface area contributed by atoms with Gasteiger partial charge >= 0.3 is 0 Å². The van der Waals surface area contributed by atoms with Crippen LogP contribution >= 0.6 is 0 Å². The summed E-state index contributed by atoms with van der Waals surface area (Å²) in [7, 11) is 0. The number of H-pyrrole nitrogens is 1. The third kappa shape index (κ3) is 7.97. The molecule has 222 valence electrons. The lowest BCUT2D eigenvalue weighted by molar-refractivity contribution is -0.137.